The Hall–Kier alpha value is -2.30. The van der Waals surface area contributed by atoms with Gasteiger partial charge in [-0.15, -0.1) is 0 Å². The van der Waals surface area contributed by atoms with Gasteiger partial charge in [-0.1, -0.05) is 48.3 Å². The van der Waals surface area contributed by atoms with E-state index in [0.29, 0.717) is 28.0 Å². The number of aromatic nitrogens is 2. The summed E-state index contributed by atoms with van der Waals surface area (Å²) in [5.74, 6) is 0.332. The molecule has 0 spiro atoms. The molecule has 1 N–H and O–H groups in total. The zero-order chi connectivity index (χ0) is 18.7. The fraction of sp³-hybridized carbons (Fsp3) is 0.200. The number of carbonyl (C=O) groups excluding carboxylic acids is 1. The van der Waals surface area contributed by atoms with Crippen molar-refractivity contribution in [3.63, 3.8) is 0 Å². The van der Waals surface area contributed by atoms with Gasteiger partial charge in [-0.2, -0.15) is 5.10 Å². The second-order valence-electron chi connectivity index (χ2n) is 6.07. The van der Waals surface area contributed by atoms with Crippen molar-refractivity contribution in [1.82, 2.24) is 9.78 Å². The summed E-state index contributed by atoms with van der Waals surface area (Å²) in [5, 5.41) is 8.49. The Morgan fingerprint density at radius 2 is 1.85 bits per heavy atom. The summed E-state index contributed by atoms with van der Waals surface area (Å²) in [6.07, 6.45) is 0.943. The van der Waals surface area contributed by atoms with Crippen LogP contribution in [0.3, 0.4) is 0 Å². The first kappa shape index (κ1) is 18.5. The minimum atomic E-state index is -0.179. The van der Waals surface area contributed by atoms with Crippen LogP contribution >= 0.6 is 23.2 Å². The molecule has 0 aliphatic carbocycles. The number of aryl methyl sites for hydroxylation is 2. The summed E-state index contributed by atoms with van der Waals surface area (Å²) in [5.41, 5.74) is 3.64. The number of benzene rings is 2. The molecule has 3 rings (SSSR count). The lowest BCUT2D eigenvalue weighted by Gasteiger charge is -2.07. The molecule has 0 saturated carbocycles. The molecule has 0 atom stereocenters. The molecule has 2 aromatic carbocycles. The van der Waals surface area contributed by atoms with Crippen LogP contribution in [0, 0.1) is 6.92 Å². The monoisotopic (exact) mass is 387 g/mol. The summed E-state index contributed by atoms with van der Waals surface area (Å²) in [7, 11) is 0. The molecule has 6 heteroatoms. The molecule has 1 aromatic heterocycles. The Bertz CT molecular complexity index is 933. The SMILES string of the molecule is CCc1ccc(C(=O)Nc2cc(C)n(Cc3ccc(Cl)cc3Cl)n2)cc1. The highest BCUT2D eigenvalue weighted by atomic mass is 35.5. The molecule has 0 bridgehead atoms. The van der Waals surface area contributed by atoms with Crippen molar-refractivity contribution in [2.75, 3.05) is 5.32 Å². The highest BCUT2D eigenvalue weighted by Crippen LogP contribution is 2.22. The summed E-state index contributed by atoms with van der Waals surface area (Å²) < 4.78 is 1.80. The Balaban J connectivity index is 1.73. The number of hydrogen-bond donors (Lipinski definition) is 1. The van der Waals surface area contributed by atoms with Crippen molar-refractivity contribution in [1.29, 1.82) is 0 Å². The van der Waals surface area contributed by atoms with E-state index in [2.05, 4.69) is 17.3 Å². The molecule has 0 fully saturated rings. The number of halogens is 2. The highest BCUT2D eigenvalue weighted by Gasteiger charge is 2.11. The zero-order valence-electron chi connectivity index (χ0n) is 14.6. The Kier molecular flexibility index (Phi) is 5.64. The van der Waals surface area contributed by atoms with Crippen LogP contribution in [0.5, 0.6) is 0 Å². The lowest BCUT2D eigenvalue weighted by atomic mass is 10.1. The number of anilines is 1. The maximum absolute atomic E-state index is 12.4. The molecule has 1 amide bonds. The molecule has 26 heavy (non-hydrogen) atoms. The van der Waals surface area contributed by atoms with Gasteiger partial charge in [0.25, 0.3) is 5.91 Å². The van der Waals surface area contributed by atoms with Gasteiger partial charge in [-0.3, -0.25) is 9.48 Å². The first-order chi connectivity index (χ1) is 12.5. The van der Waals surface area contributed by atoms with Gasteiger partial charge in [0.05, 0.1) is 6.54 Å². The average Bonchev–Trinajstić information content (AvgIpc) is 2.96. The third-order valence-corrected chi connectivity index (χ3v) is 4.77. The number of rotatable bonds is 5. The molecule has 0 radical (unpaired) electrons. The van der Waals surface area contributed by atoms with E-state index in [1.807, 2.05) is 43.3 Å². The minimum absolute atomic E-state index is 0.179. The lowest BCUT2D eigenvalue weighted by Crippen LogP contribution is -2.13. The van der Waals surface area contributed by atoms with Crippen molar-refractivity contribution >= 4 is 34.9 Å². The van der Waals surface area contributed by atoms with Crippen LogP contribution in [0.25, 0.3) is 0 Å². The first-order valence-corrected chi connectivity index (χ1v) is 9.10. The number of nitrogens with one attached hydrogen (secondary N) is 1. The van der Waals surface area contributed by atoms with Gasteiger partial charge < -0.3 is 5.32 Å². The third kappa shape index (κ3) is 4.26. The zero-order valence-corrected chi connectivity index (χ0v) is 16.1. The van der Waals surface area contributed by atoms with Gasteiger partial charge in [-0.25, -0.2) is 0 Å². The van der Waals surface area contributed by atoms with Crippen LogP contribution in [0.15, 0.2) is 48.5 Å². The normalized spacial score (nSPS) is 10.8. The predicted molar refractivity (Wildman–Crippen MR) is 106 cm³/mol. The number of hydrogen-bond acceptors (Lipinski definition) is 2. The Labute approximate surface area is 162 Å². The van der Waals surface area contributed by atoms with Crippen molar-refractivity contribution in [3.05, 3.63) is 81.0 Å². The van der Waals surface area contributed by atoms with E-state index in [-0.39, 0.29) is 5.91 Å². The largest absolute Gasteiger partial charge is 0.305 e. The molecule has 0 aliphatic heterocycles. The lowest BCUT2D eigenvalue weighted by molar-refractivity contribution is 0.102. The van der Waals surface area contributed by atoms with E-state index < -0.39 is 0 Å². The van der Waals surface area contributed by atoms with Gasteiger partial charge in [0.15, 0.2) is 5.82 Å². The standard InChI is InChI=1S/C20H19Cl2N3O/c1-3-14-4-6-15(7-5-14)20(26)23-19-10-13(2)25(24-19)12-16-8-9-17(21)11-18(16)22/h4-11H,3,12H2,1-2H3,(H,23,24,26). The third-order valence-electron chi connectivity index (χ3n) is 4.18. The van der Waals surface area contributed by atoms with E-state index in [9.17, 15) is 4.79 Å². The van der Waals surface area contributed by atoms with E-state index in [1.165, 1.54) is 5.56 Å². The molecule has 3 aromatic rings. The molecule has 1 heterocycles. The van der Waals surface area contributed by atoms with Crippen molar-refractivity contribution < 1.29 is 4.79 Å². The minimum Gasteiger partial charge on any atom is -0.305 e. The van der Waals surface area contributed by atoms with Crippen LogP contribution in [0.4, 0.5) is 5.82 Å². The van der Waals surface area contributed by atoms with Crippen molar-refractivity contribution in [3.8, 4) is 0 Å². The molecule has 0 aliphatic rings. The van der Waals surface area contributed by atoms with Gasteiger partial charge in [0.2, 0.25) is 0 Å². The van der Waals surface area contributed by atoms with E-state index in [1.54, 1.807) is 16.8 Å². The number of nitrogens with zero attached hydrogens (tertiary/aromatic N) is 2. The predicted octanol–water partition coefficient (Wildman–Crippen LogP) is 5.36. The van der Waals surface area contributed by atoms with Crippen LogP contribution in [0.1, 0.15) is 34.1 Å². The number of amides is 1. The van der Waals surface area contributed by atoms with Crippen LogP contribution < -0.4 is 5.32 Å². The van der Waals surface area contributed by atoms with Gasteiger partial charge >= 0.3 is 0 Å². The van der Waals surface area contributed by atoms with E-state index >= 15 is 0 Å². The summed E-state index contributed by atoms with van der Waals surface area (Å²) in [4.78, 5) is 12.4. The van der Waals surface area contributed by atoms with Crippen LogP contribution in [0.2, 0.25) is 10.0 Å². The van der Waals surface area contributed by atoms with Crippen LogP contribution in [-0.2, 0) is 13.0 Å². The maximum Gasteiger partial charge on any atom is 0.256 e. The second kappa shape index (κ2) is 7.94. The summed E-state index contributed by atoms with van der Waals surface area (Å²) >= 11 is 12.2. The smallest absolute Gasteiger partial charge is 0.256 e. The fourth-order valence-corrected chi connectivity index (χ4v) is 3.09. The molecule has 0 unspecified atom stereocenters. The topological polar surface area (TPSA) is 46.9 Å². The van der Waals surface area contributed by atoms with Crippen molar-refractivity contribution in [2.45, 2.75) is 26.8 Å². The highest BCUT2D eigenvalue weighted by molar-refractivity contribution is 6.35. The molecule has 4 nitrogen and oxygen atoms in total. The van der Waals surface area contributed by atoms with E-state index in [0.717, 1.165) is 17.7 Å². The first-order valence-electron chi connectivity index (χ1n) is 8.35. The Morgan fingerprint density at radius 3 is 2.50 bits per heavy atom. The van der Waals surface area contributed by atoms with Crippen LogP contribution in [-0.4, -0.2) is 15.7 Å². The van der Waals surface area contributed by atoms with Gasteiger partial charge in [-0.05, 0) is 48.7 Å². The van der Waals surface area contributed by atoms with Gasteiger partial charge in [0.1, 0.15) is 0 Å². The molecule has 134 valence electrons. The molecule has 0 saturated heterocycles. The fourth-order valence-electron chi connectivity index (χ4n) is 2.62. The Morgan fingerprint density at radius 1 is 1.12 bits per heavy atom. The molecular formula is C20H19Cl2N3O. The quantitative estimate of drug-likeness (QED) is 0.640. The molecular weight excluding hydrogens is 369 g/mol. The summed E-state index contributed by atoms with van der Waals surface area (Å²) in [6.45, 7) is 4.52. The maximum atomic E-state index is 12.4. The van der Waals surface area contributed by atoms with Gasteiger partial charge in [0, 0.05) is 27.4 Å². The number of carbonyl (C=O) groups is 1. The van der Waals surface area contributed by atoms with Crippen molar-refractivity contribution in [2.24, 2.45) is 0 Å². The van der Waals surface area contributed by atoms with E-state index in [4.69, 9.17) is 23.2 Å². The second-order valence-corrected chi connectivity index (χ2v) is 6.91. The summed E-state index contributed by atoms with van der Waals surface area (Å²) in [6, 6.07) is 14.8. The average molecular weight is 388 g/mol.